The van der Waals surface area contributed by atoms with Gasteiger partial charge in [0, 0.05) is 5.70 Å². The first-order chi connectivity index (χ1) is 19.2. The predicted molar refractivity (Wildman–Crippen MR) is 164 cm³/mol. The third-order valence-electron chi connectivity index (χ3n) is 5.37. The molecule has 3 rings (SSSR count). The number of amides is 3. The molecule has 1 aliphatic heterocycles. The number of hydrogen-bond donors (Lipinski definition) is 3. The van der Waals surface area contributed by atoms with Crippen molar-refractivity contribution in [1.82, 2.24) is 16.1 Å². The monoisotopic (exact) mass is 772 g/mol. The zero-order valence-electron chi connectivity index (χ0n) is 21.8. The second-order valence-electron chi connectivity index (χ2n) is 8.09. The summed E-state index contributed by atoms with van der Waals surface area (Å²) in [5, 5.41) is 9.30. The van der Waals surface area contributed by atoms with Crippen LogP contribution in [0.2, 0.25) is 0 Å². The van der Waals surface area contributed by atoms with Gasteiger partial charge < -0.3 is 29.6 Å². The van der Waals surface area contributed by atoms with Gasteiger partial charge in [0.1, 0.15) is 12.4 Å². The fourth-order valence-corrected chi connectivity index (χ4v) is 5.79. The van der Waals surface area contributed by atoms with E-state index in [9.17, 15) is 14.4 Å². The molecule has 0 unspecified atom stereocenters. The van der Waals surface area contributed by atoms with Gasteiger partial charge in [0.05, 0.1) is 38.7 Å². The van der Waals surface area contributed by atoms with Crippen molar-refractivity contribution in [2.24, 2.45) is 5.10 Å². The van der Waals surface area contributed by atoms with Crippen LogP contribution in [0.15, 0.2) is 46.7 Å². The summed E-state index contributed by atoms with van der Waals surface area (Å²) in [6.45, 7) is 3.35. The summed E-state index contributed by atoms with van der Waals surface area (Å²) < 4.78 is 23.5. The van der Waals surface area contributed by atoms with Gasteiger partial charge >= 0.3 is 12.0 Å². The number of ether oxygens (including phenoxy) is 4. The molecule has 0 spiro atoms. The van der Waals surface area contributed by atoms with E-state index in [2.05, 4.69) is 72.3 Å². The number of nitrogens with zero attached hydrogens (tertiary/aromatic N) is 1. The SMILES string of the molecule is C#CCOc1c(I)cc(/C=N\NC(=O)COc2ccc([C@H]3NC(=O)NC(C)=C3C(=O)OCC)cc2OC)cc1I. The Morgan fingerprint density at radius 1 is 1.18 bits per heavy atom. The molecule has 2 aromatic rings. The molecule has 3 N–H and O–H groups in total. The summed E-state index contributed by atoms with van der Waals surface area (Å²) in [6.07, 6.45) is 6.76. The van der Waals surface area contributed by atoms with E-state index in [1.807, 2.05) is 12.1 Å². The molecule has 0 bridgehead atoms. The van der Waals surface area contributed by atoms with E-state index in [0.717, 1.165) is 12.7 Å². The number of hydrogen-bond acceptors (Lipinski definition) is 8. The van der Waals surface area contributed by atoms with Crippen molar-refractivity contribution in [3.8, 4) is 29.6 Å². The standard InChI is InChI=1S/C27H26I2N4O7/c1-5-9-39-25-18(28)10-16(11-19(25)29)13-30-33-22(34)14-40-20-8-7-17(12-21(20)37-4)24-23(26(35)38-6-2)15(3)31-27(36)32-24/h1,7-8,10-13,24H,6,9,14H2,2-4H3,(H,33,34)(H2,31,32,36)/b30-13-/t24-/m1/s1. The van der Waals surface area contributed by atoms with Gasteiger partial charge in [0.15, 0.2) is 18.1 Å². The average Bonchev–Trinajstić information content (AvgIpc) is 2.91. The van der Waals surface area contributed by atoms with E-state index in [1.54, 1.807) is 32.0 Å². The van der Waals surface area contributed by atoms with Gasteiger partial charge in [-0.2, -0.15) is 5.10 Å². The summed E-state index contributed by atoms with van der Waals surface area (Å²) in [5.74, 6) is 2.68. The van der Waals surface area contributed by atoms with Crippen LogP contribution >= 0.6 is 45.2 Å². The molecular formula is C27H26I2N4O7. The molecule has 1 aliphatic rings. The maximum absolute atomic E-state index is 12.6. The minimum absolute atomic E-state index is 0.170. The quantitative estimate of drug-likeness (QED) is 0.104. The molecule has 1 atom stereocenters. The lowest BCUT2D eigenvalue weighted by Gasteiger charge is -2.28. The van der Waals surface area contributed by atoms with Gasteiger partial charge in [0.2, 0.25) is 0 Å². The lowest BCUT2D eigenvalue weighted by Crippen LogP contribution is -2.45. The largest absolute Gasteiger partial charge is 0.493 e. The van der Waals surface area contributed by atoms with Crippen LogP contribution in [0.3, 0.4) is 0 Å². The van der Waals surface area contributed by atoms with Gasteiger partial charge in [-0.25, -0.2) is 15.0 Å². The predicted octanol–water partition coefficient (Wildman–Crippen LogP) is 3.64. The smallest absolute Gasteiger partial charge is 0.338 e. The molecule has 0 fully saturated rings. The van der Waals surface area contributed by atoms with Crippen LogP contribution in [-0.4, -0.2) is 51.1 Å². The van der Waals surface area contributed by atoms with Crippen LogP contribution in [0.1, 0.15) is 31.0 Å². The van der Waals surface area contributed by atoms with Crippen molar-refractivity contribution in [2.45, 2.75) is 19.9 Å². The number of benzene rings is 2. The zero-order chi connectivity index (χ0) is 29.2. The van der Waals surface area contributed by atoms with E-state index < -0.39 is 23.9 Å². The van der Waals surface area contributed by atoms with E-state index in [0.29, 0.717) is 22.8 Å². The van der Waals surface area contributed by atoms with Crippen LogP contribution in [0.25, 0.3) is 0 Å². The summed E-state index contributed by atoms with van der Waals surface area (Å²) in [7, 11) is 1.44. The second kappa shape index (κ2) is 14.7. The van der Waals surface area contributed by atoms with Crippen LogP contribution in [-0.2, 0) is 14.3 Å². The molecular weight excluding hydrogens is 746 g/mol. The molecule has 2 aromatic carbocycles. The first kappa shape index (κ1) is 31.0. The molecule has 0 aromatic heterocycles. The van der Waals surface area contributed by atoms with Gasteiger partial charge in [-0.05, 0) is 94.4 Å². The number of allylic oxidation sites excluding steroid dienone is 1. The van der Waals surface area contributed by atoms with Crippen molar-refractivity contribution >= 4 is 69.3 Å². The average molecular weight is 772 g/mol. The number of carbonyl (C=O) groups excluding carboxylic acids is 3. The van der Waals surface area contributed by atoms with Crippen molar-refractivity contribution < 1.29 is 33.3 Å². The van der Waals surface area contributed by atoms with Crippen molar-refractivity contribution in [3.63, 3.8) is 0 Å². The van der Waals surface area contributed by atoms with Gasteiger partial charge in [-0.3, -0.25) is 4.79 Å². The summed E-state index contributed by atoms with van der Waals surface area (Å²) in [4.78, 5) is 37.0. The Bertz CT molecular complexity index is 1380. The minimum Gasteiger partial charge on any atom is -0.493 e. The zero-order valence-corrected chi connectivity index (χ0v) is 26.1. The number of urea groups is 1. The molecule has 0 saturated heterocycles. The van der Waals surface area contributed by atoms with Crippen LogP contribution in [0, 0.1) is 19.5 Å². The van der Waals surface area contributed by atoms with E-state index in [4.69, 9.17) is 25.4 Å². The third-order valence-corrected chi connectivity index (χ3v) is 6.97. The molecule has 40 heavy (non-hydrogen) atoms. The molecule has 0 aliphatic carbocycles. The molecule has 11 nitrogen and oxygen atoms in total. The van der Waals surface area contributed by atoms with Crippen LogP contribution in [0.5, 0.6) is 17.2 Å². The molecule has 1 heterocycles. The minimum atomic E-state index is -0.766. The summed E-state index contributed by atoms with van der Waals surface area (Å²) in [5.41, 5.74) is 4.41. The summed E-state index contributed by atoms with van der Waals surface area (Å²) >= 11 is 4.28. The highest BCUT2D eigenvalue weighted by molar-refractivity contribution is 14.1. The Hall–Kier alpha value is -3.52. The fourth-order valence-electron chi connectivity index (χ4n) is 3.67. The second-order valence-corrected chi connectivity index (χ2v) is 10.4. The number of esters is 1. The Balaban J connectivity index is 1.66. The Morgan fingerprint density at radius 3 is 2.55 bits per heavy atom. The normalized spacial score (nSPS) is 14.6. The van der Waals surface area contributed by atoms with Crippen molar-refractivity contribution in [3.05, 3.63) is 59.9 Å². The highest BCUT2D eigenvalue weighted by Gasteiger charge is 2.32. The van der Waals surface area contributed by atoms with Crippen LogP contribution < -0.4 is 30.3 Å². The van der Waals surface area contributed by atoms with E-state index in [-0.39, 0.29) is 31.1 Å². The Labute approximate surface area is 258 Å². The summed E-state index contributed by atoms with van der Waals surface area (Å²) in [6, 6.07) is 7.35. The molecule has 0 radical (unpaired) electrons. The van der Waals surface area contributed by atoms with Crippen molar-refractivity contribution in [1.29, 1.82) is 0 Å². The third kappa shape index (κ3) is 8.01. The maximum atomic E-state index is 12.6. The highest BCUT2D eigenvalue weighted by Crippen LogP contribution is 2.34. The Kier molecular flexibility index (Phi) is 11.4. The highest BCUT2D eigenvalue weighted by atomic mass is 127. The number of nitrogens with one attached hydrogen (secondary N) is 3. The van der Waals surface area contributed by atoms with Crippen molar-refractivity contribution in [2.75, 3.05) is 26.9 Å². The number of halogens is 2. The number of hydrazone groups is 1. The first-order valence-electron chi connectivity index (χ1n) is 11.8. The fraction of sp³-hybridized carbons (Fsp3) is 0.259. The van der Waals surface area contributed by atoms with Gasteiger partial charge in [-0.1, -0.05) is 12.0 Å². The molecule has 210 valence electrons. The topological polar surface area (TPSA) is 137 Å². The van der Waals surface area contributed by atoms with Gasteiger partial charge in [0.25, 0.3) is 5.91 Å². The Morgan fingerprint density at radius 2 is 1.90 bits per heavy atom. The molecule has 3 amide bonds. The number of methoxy groups -OCH3 is 1. The van der Waals surface area contributed by atoms with E-state index >= 15 is 0 Å². The molecule has 13 heteroatoms. The lowest BCUT2D eigenvalue weighted by atomic mass is 9.95. The van der Waals surface area contributed by atoms with E-state index in [1.165, 1.54) is 13.3 Å². The maximum Gasteiger partial charge on any atom is 0.338 e. The number of carbonyl (C=O) groups is 3. The lowest BCUT2D eigenvalue weighted by molar-refractivity contribution is -0.139. The first-order valence-corrected chi connectivity index (χ1v) is 14.0. The molecule has 0 saturated carbocycles. The van der Waals surface area contributed by atoms with Crippen LogP contribution in [0.4, 0.5) is 4.79 Å². The number of terminal acetylenes is 1. The van der Waals surface area contributed by atoms with Gasteiger partial charge in [-0.15, -0.1) is 6.42 Å². The number of rotatable bonds is 11.